The monoisotopic (exact) mass is 268 g/mol. The van der Waals surface area contributed by atoms with Gasteiger partial charge in [0.1, 0.15) is 18.1 Å². The van der Waals surface area contributed by atoms with Crippen molar-refractivity contribution in [2.75, 3.05) is 0 Å². The molecule has 0 radical (unpaired) electrons. The maximum absolute atomic E-state index is 12.4. The molecule has 0 aliphatic rings. The number of hydrogen-bond donors (Lipinski definition) is 0. The summed E-state index contributed by atoms with van der Waals surface area (Å²) in [6.07, 6.45) is 8.32. The standard InChI is InChI=1S/C17H16O3/c1-12(2)13-7-8-16-15(10-13)17(19)14(11-20-16)6-4-3-5-9-18/h3-12H,1-2H3/b5-3+,6-4+. The zero-order valence-electron chi connectivity index (χ0n) is 11.5. The first-order valence-corrected chi connectivity index (χ1v) is 6.47. The van der Waals surface area contributed by atoms with Crippen molar-refractivity contribution in [1.82, 2.24) is 0 Å². The molecule has 3 heteroatoms. The predicted molar refractivity (Wildman–Crippen MR) is 80.8 cm³/mol. The Morgan fingerprint density at radius 1 is 1.15 bits per heavy atom. The van der Waals surface area contributed by atoms with Gasteiger partial charge in [-0.2, -0.15) is 0 Å². The number of fused-ring (bicyclic) bond motifs is 1. The minimum atomic E-state index is -0.0653. The molecular formula is C17H16O3. The maximum atomic E-state index is 12.4. The first kappa shape index (κ1) is 14.0. The topological polar surface area (TPSA) is 47.3 Å². The van der Waals surface area contributed by atoms with E-state index in [1.807, 2.05) is 18.2 Å². The summed E-state index contributed by atoms with van der Waals surface area (Å²) in [5, 5.41) is 0.581. The van der Waals surface area contributed by atoms with E-state index in [4.69, 9.17) is 4.42 Å². The molecule has 2 aromatic rings. The molecule has 0 aliphatic heterocycles. The average Bonchev–Trinajstić information content (AvgIpc) is 2.45. The van der Waals surface area contributed by atoms with E-state index in [-0.39, 0.29) is 5.43 Å². The van der Waals surface area contributed by atoms with E-state index in [0.29, 0.717) is 28.7 Å². The molecule has 2 rings (SSSR count). The Bertz CT molecular complexity index is 733. The van der Waals surface area contributed by atoms with E-state index in [1.165, 1.54) is 12.3 Å². The lowest BCUT2D eigenvalue weighted by molar-refractivity contribution is -0.104. The van der Waals surface area contributed by atoms with Gasteiger partial charge in [0.05, 0.1) is 10.9 Å². The fourth-order valence-corrected chi connectivity index (χ4v) is 1.91. The smallest absolute Gasteiger partial charge is 0.199 e. The van der Waals surface area contributed by atoms with Crippen molar-refractivity contribution in [2.24, 2.45) is 0 Å². The van der Waals surface area contributed by atoms with Crippen LogP contribution in [0.4, 0.5) is 0 Å². The summed E-state index contributed by atoms with van der Waals surface area (Å²) in [7, 11) is 0. The Balaban J connectivity index is 2.51. The molecule has 0 N–H and O–H groups in total. The molecule has 0 atom stereocenters. The zero-order valence-corrected chi connectivity index (χ0v) is 11.5. The lowest BCUT2D eigenvalue weighted by Gasteiger charge is -2.06. The van der Waals surface area contributed by atoms with Gasteiger partial charge >= 0.3 is 0 Å². The number of allylic oxidation sites excluding steroid dienone is 3. The van der Waals surface area contributed by atoms with E-state index >= 15 is 0 Å². The van der Waals surface area contributed by atoms with Crippen LogP contribution in [0.2, 0.25) is 0 Å². The Morgan fingerprint density at radius 3 is 2.65 bits per heavy atom. The fraction of sp³-hybridized carbons (Fsp3) is 0.176. The summed E-state index contributed by atoms with van der Waals surface area (Å²) in [6.45, 7) is 4.16. The molecule has 20 heavy (non-hydrogen) atoms. The summed E-state index contributed by atoms with van der Waals surface area (Å²) in [6, 6.07) is 5.68. The summed E-state index contributed by atoms with van der Waals surface area (Å²) >= 11 is 0. The molecule has 0 amide bonds. The van der Waals surface area contributed by atoms with Crippen molar-refractivity contribution >= 4 is 23.3 Å². The Hall–Kier alpha value is -2.42. The highest BCUT2D eigenvalue weighted by molar-refractivity contribution is 5.79. The number of carbonyl (C=O) groups is 1. The van der Waals surface area contributed by atoms with Crippen LogP contribution < -0.4 is 5.43 Å². The molecule has 0 fully saturated rings. The second kappa shape index (κ2) is 6.15. The Morgan fingerprint density at radius 2 is 1.95 bits per heavy atom. The third-order valence-electron chi connectivity index (χ3n) is 3.07. The van der Waals surface area contributed by atoms with Crippen molar-refractivity contribution in [3.63, 3.8) is 0 Å². The van der Waals surface area contributed by atoms with Gasteiger partial charge in [-0.15, -0.1) is 0 Å². The molecule has 1 aromatic carbocycles. The van der Waals surface area contributed by atoms with Crippen molar-refractivity contribution in [3.05, 3.63) is 64.0 Å². The average molecular weight is 268 g/mol. The van der Waals surface area contributed by atoms with Gasteiger partial charge in [0.2, 0.25) is 0 Å². The van der Waals surface area contributed by atoms with Gasteiger partial charge in [-0.1, -0.05) is 32.1 Å². The molecule has 0 saturated heterocycles. The summed E-state index contributed by atoms with van der Waals surface area (Å²) in [4.78, 5) is 22.5. The Labute approximate surface area is 117 Å². The van der Waals surface area contributed by atoms with Crippen LogP contribution in [-0.4, -0.2) is 6.29 Å². The van der Waals surface area contributed by atoms with Crippen LogP contribution in [0.25, 0.3) is 17.0 Å². The van der Waals surface area contributed by atoms with Crippen molar-refractivity contribution in [1.29, 1.82) is 0 Å². The van der Waals surface area contributed by atoms with Gasteiger partial charge in [0.25, 0.3) is 0 Å². The van der Waals surface area contributed by atoms with E-state index in [9.17, 15) is 9.59 Å². The number of benzene rings is 1. The Kier molecular flexibility index (Phi) is 4.31. The molecule has 1 aromatic heterocycles. The summed E-state index contributed by atoms with van der Waals surface area (Å²) < 4.78 is 5.47. The van der Waals surface area contributed by atoms with Gasteiger partial charge in [0, 0.05) is 0 Å². The number of carbonyl (C=O) groups excluding carboxylic acids is 1. The predicted octanol–water partition coefficient (Wildman–Crippen LogP) is 3.68. The van der Waals surface area contributed by atoms with Gasteiger partial charge in [-0.05, 0) is 35.8 Å². The van der Waals surface area contributed by atoms with Crippen LogP contribution in [-0.2, 0) is 4.79 Å². The normalized spacial score (nSPS) is 11.9. The molecule has 0 spiro atoms. The van der Waals surface area contributed by atoms with Gasteiger partial charge in [-0.25, -0.2) is 0 Å². The molecular weight excluding hydrogens is 252 g/mol. The highest BCUT2D eigenvalue weighted by atomic mass is 16.3. The zero-order chi connectivity index (χ0) is 14.5. The number of aldehydes is 1. The van der Waals surface area contributed by atoms with Gasteiger partial charge < -0.3 is 4.42 Å². The van der Waals surface area contributed by atoms with Crippen molar-refractivity contribution < 1.29 is 9.21 Å². The molecule has 0 bridgehead atoms. The fourth-order valence-electron chi connectivity index (χ4n) is 1.91. The highest BCUT2D eigenvalue weighted by Gasteiger charge is 2.07. The van der Waals surface area contributed by atoms with E-state index in [1.54, 1.807) is 18.2 Å². The lowest BCUT2D eigenvalue weighted by Crippen LogP contribution is -2.05. The molecule has 0 saturated carbocycles. The van der Waals surface area contributed by atoms with E-state index < -0.39 is 0 Å². The lowest BCUT2D eigenvalue weighted by atomic mass is 10.0. The van der Waals surface area contributed by atoms with Crippen molar-refractivity contribution in [3.8, 4) is 0 Å². The molecule has 0 unspecified atom stereocenters. The van der Waals surface area contributed by atoms with Crippen LogP contribution in [0.15, 0.2) is 51.9 Å². The molecule has 102 valence electrons. The van der Waals surface area contributed by atoms with Crippen LogP contribution in [0, 0.1) is 0 Å². The van der Waals surface area contributed by atoms with Crippen LogP contribution in [0.5, 0.6) is 0 Å². The van der Waals surface area contributed by atoms with E-state index in [2.05, 4.69) is 13.8 Å². The molecule has 1 heterocycles. The third-order valence-corrected chi connectivity index (χ3v) is 3.07. The first-order chi connectivity index (χ1) is 9.63. The van der Waals surface area contributed by atoms with Crippen LogP contribution in [0.1, 0.15) is 30.9 Å². The second-order valence-corrected chi connectivity index (χ2v) is 4.81. The summed E-state index contributed by atoms with van der Waals surface area (Å²) in [5.41, 5.74) is 2.09. The molecule has 0 aliphatic carbocycles. The quantitative estimate of drug-likeness (QED) is 0.482. The van der Waals surface area contributed by atoms with Crippen LogP contribution in [0.3, 0.4) is 0 Å². The SMILES string of the molecule is CC(C)c1ccc2occ(/C=C/C=C/C=O)c(=O)c2c1. The van der Waals surface area contributed by atoms with Crippen molar-refractivity contribution in [2.45, 2.75) is 19.8 Å². The maximum Gasteiger partial charge on any atom is 0.199 e. The van der Waals surface area contributed by atoms with Crippen LogP contribution >= 0.6 is 0 Å². The first-order valence-electron chi connectivity index (χ1n) is 6.47. The van der Waals surface area contributed by atoms with E-state index in [0.717, 1.165) is 5.56 Å². The number of hydrogen-bond acceptors (Lipinski definition) is 3. The third kappa shape index (κ3) is 2.94. The van der Waals surface area contributed by atoms with Gasteiger partial charge in [0.15, 0.2) is 5.43 Å². The minimum Gasteiger partial charge on any atom is -0.463 e. The number of rotatable bonds is 4. The van der Waals surface area contributed by atoms with Gasteiger partial charge in [-0.3, -0.25) is 9.59 Å². The second-order valence-electron chi connectivity index (χ2n) is 4.81. The molecule has 3 nitrogen and oxygen atoms in total. The highest BCUT2D eigenvalue weighted by Crippen LogP contribution is 2.20. The summed E-state index contributed by atoms with van der Waals surface area (Å²) in [5.74, 6) is 0.355. The largest absolute Gasteiger partial charge is 0.463 e. The minimum absolute atomic E-state index is 0.0653.